The Morgan fingerprint density at radius 1 is 1.53 bits per heavy atom. The SMILES string of the molecule is CC(NC(=O)CCNC(C)(C)C)c1ncn[nH]1. The Kier molecular flexibility index (Phi) is 4.62. The summed E-state index contributed by atoms with van der Waals surface area (Å²) in [6.45, 7) is 8.75. The van der Waals surface area contributed by atoms with Crippen LogP contribution in [0.5, 0.6) is 0 Å². The van der Waals surface area contributed by atoms with E-state index in [2.05, 4.69) is 46.6 Å². The summed E-state index contributed by atoms with van der Waals surface area (Å²) in [5.41, 5.74) is 0.0385. The summed E-state index contributed by atoms with van der Waals surface area (Å²) >= 11 is 0. The molecule has 0 aliphatic rings. The van der Waals surface area contributed by atoms with Crippen LogP contribution in [0.15, 0.2) is 6.33 Å². The van der Waals surface area contributed by atoms with Crippen molar-refractivity contribution in [1.29, 1.82) is 0 Å². The van der Waals surface area contributed by atoms with Gasteiger partial charge in [-0.15, -0.1) is 0 Å². The predicted molar refractivity (Wildman–Crippen MR) is 65.3 cm³/mol. The van der Waals surface area contributed by atoms with Gasteiger partial charge < -0.3 is 10.6 Å². The lowest BCUT2D eigenvalue weighted by Gasteiger charge is -2.20. The van der Waals surface area contributed by atoms with Crippen molar-refractivity contribution in [3.05, 3.63) is 12.2 Å². The monoisotopic (exact) mass is 239 g/mol. The standard InChI is InChI=1S/C11H21N5O/c1-8(10-12-7-14-16-10)15-9(17)5-6-13-11(2,3)4/h7-8,13H,5-6H2,1-4H3,(H,15,17)(H,12,14,16). The first-order valence-electron chi connectivity index (χ1n) is 5.78. The normalized spacial score (nSPS) is 13.4. The van der Waals surface area contributed by atoms with Crippen LogP contribution >= 0.6 is 0 Å². The molecule has 0 aromatic carbocycles. The Morgan fingerprint density at radius 3 is 2.76 bits per heavy atom. The zero-order valence-electron chi connectivity index (χ0n) is 10.9. The highest BCUT2D eigenvalue weighted by Gasteiger charge is 2.13. The third-order valence-electron chi connectivity index (χ3n) is 2.23. The predicted octanol–water partition coefficient (Wildman–Crippen LogP) is 0.760. The summed E-state index contributed by atoms with van der Waals surface area (Å²) in [5.74, 6) is 0.674. The average Bonchev–Trinajstić information content (AvgIpc) is 2.67. The zero-order chi connectivity index (χ0) is 12.9. The van der Waals surface area contributed by atoms with Gasteiger partial charge in [0.1, 0.15) is 12.2 Å². The van der Waals surface area contributed by atoms with Gasteiger partial charge in [0.05, 0.1) is 6.04 Å². The lowest BCUT2D eigenvalue weighted by Crippen LogP contribution is -2.38. The van der Waals surface area contributed by atoms with Gasteiger partial charge in [-0.05, 0) is 27.7 Å². The van der Waals surface area contributed by atoms with Crippen molar-refractivity contribution < 1.29 is 4.79 Å². The van der Waals surface area contributed by atoms with Crippen molar-refractivity contribution in [1.82, 2.24) is 25.8 Å². The van der Waals surface area contributed by atoms with E-state index in [4.69, 9.17) is 0 Å². The van der Waals surface area contributed by atoms with E-state index in [-0.39, 0.29) is 17.5 Å². The number of H-pyrrole nitrogens is 1. The second-order valence-electron chi connectivity index (χ2n) is 5.09. The maximum atomic E-state index is 11.6. The van der Waals surface area contributed by atoms with Crippen LogP contribution in [0.3, 0.4) is 0 Å². The Hall–Kier alpha value is -1.43. The van der Waals surface area contributed by atoms with Gasteiger partial charge in [0.2, 0.25) is 5.91 Å². The van der Waals surface area contributed by atoms with Gasteiger partial charge >= 0.3 is 0 Å². The van der Waals surface area contributed by atoms with Crippen LogP contribution in [-0.2, 0) is 4.79 Å². The van der Waals surface area contributed by atoms with Crippen LogP contribution in [0.2, 0.25) is 0 Å². The molecule has 0 spiro atoms. The van der Waals surface area contributed by atoms with Gasteiger partial charge in [0, 0.05) is 18.5 Å². The molecule has 1 rings (SSSR count). The van der Waals surface area contributed by atoms with E-state index in [9.17, 15) is 4.79 Å². The van der Waals surface area contributed by atoms with Gasteiger partial charge in [0.15, 0.2) is 0 Å². The molecule has 0 radical (unpaired) electrons. The molecule has 6 heteroatoms. The highest BCUT2D eigenvalue weighted by Crippen LogP contribution is 2.04. The highest BCUT2D eigenvalue weighted by molar-refractivity contribution is 5.76. The highest BCUT2D eigenvalue weighted by atomic mass is 16.1. The van der Waals surface area contributed by atoms with Crippen molar-refractivity contribution >= 4 is 5.91 Å². The average molecular weight is 239 g/mol. The minimum absolute atomic E-state index is 0.00523. The molecule has 0 bridgehead atoms. The molecule has 3 N–H and O–H groups in total. The first-order valence-corrected chi connectivity index (χ1v) is 5.78. The Bertz CT molecular complexity index is 341. The van der Waals surface area contributed by atoms with Crippen molar-refractivity contribution in [2.24, 2.45) is 0 Å². The van der Waals surface area contributed by atoms with Crippen LogP contribution in [0.25, 0.3) is 0 Å². The number of nitrogens with zero attached hydrogens (tertiary/aromatic N) is 2. The fourth-order valence-electron chi connectivity index (χ4n) is 1.36. The van der Waals surface area contributed by atoms with Crippen molar-refractivity contribution in [3.63, 3.8) is 0 Å². The van der Waals surface area contributed by atoms with Crippen molar-refractivity contribution in [3.8, 4) is 0 Å². The second kappa shape index (κ2) is 5.77. The summed E-state index contributed by atoms with van der Waals surface area (Å²) < 4.78 is 0. The summed E-state index contributed by atoms with van der Waals surface area (Å²) in [6.07, 6.45) is 1.88. The number of nitrogens with one attached hydrogen (secondary N) is 3. The number of hydrogen-bond donors (Lipinski definition) is 3. The first kappa shape index (κ1) is 13.6. The van der Waals surface area contributed by atoms with Crippen LogP contribution in [0.1, 0.15) is 46.0 Å². The maximum Gasteiger partial charge on any atom is 0.221 e. The van der Waals surface area contributed by atoms with Crippen molar-refractivity contribution in [2.75, 3.05) is 6.54 Å². The molecule has 1 aromatic rings. The van der Waals surface area contributed by atoms with E-state index in [1.54, 1.807) is 0 Å². The number of hydrogen-bond acceptors (Lipinski definition) is 4. The third kappa shape index (κ3) is 5.44. The van der Waals surface area contributed by atoms with E-state index in [0.717, 1.165) is 0 Å². The molecule has 0 fully saturated rings. The van der Waals surface area contributed by atoms with Crippen LogP contribution in [0.4, 0.5) is 0 Å². The topological polar surface area (TPSA) is 82.7 Å². The molecule has 96 valence electrons. The molecule has 0 aliphatic heterocycles. The Labute approximate surface area is 102 Å². The van der Waals surface area contributed by atoms with E-state index in [1.807, 2.05) is 6.92 Å². The quantitative estimate of drug-likeness (QED) is 0.708. The maximum absolute atomic E-state index is 11.6. The third-order valence-corrected chi connectivity index (χ3v) is 2.23. The van der Waals surface area contributed by atoms with E-state index in [1.165, 1.54) is 6.33 Å². The summed E-state index contributed by atoms with van der Waals surface area (Å²) in [7, 11) is 0. The van der Waals surface area contributed by atoms with Crippen molar-refractivity contribution in [2.45, 2.75) is 45.7 Å². The number of rotatable bonds is 5. The van der Waals surface area contributed by atoms with Gasteiger partial charge in [-0.3, -0.25) is 9.89 Å². The molecule has 0 aliphatic carbocycles. The van der Waals surface area contributed by atoms with Crippen LogP contribution in [-0.4, -0.2) is 33.2 Å². The van der Waals surface area contributed by atoms with Gasteiger partial charge in [0.25, 0.3) is 0 Å². The fourth-order valence-corrected chi connectivity index (χ4v) is 1.36. The summed E-state index contributed by atoms with van der Waals surface area (Å²) in [5, 5.41) is 12.6. The van der Waals surface area contributed by atoms with Gasteiger partial charge in [-0.2, -0.15) is 5.10 Å². The molecule has 1 aromatic heterocycles. The van der Waals surface area contributed by atoms with Crippen LogP contribution < -0.4 is 10.6 Å². The molecule has 0 saturated heterocycles. The van der Waals surface area contributed by atoms with E-state index in [0.29, 0.717) is 18.8 Å². The van der Waals surface area contributed by atoms with Gasteiger partial charge in [-0.25, -0.2) is 4.98 Å². The number of aromatic amines is 1. The fraction of sp³-hybridized carbons (Fsp3) is 0.727. The Morgan fingerprint density at radius 2 is 2.24 bits per heavy atom. The molecular formula is C11H21N5O. The number of carbonyl (C=O) groups is 1. The molecule has 1 amide bonds. The molecule has 0 saturated carbocycles. The second-order valence-corrected chi connectivity index (χ2v) is 5.09. The lowest BCUT2D eigenvalue weighted by atomic mass is 10.1. The molecular weight excluding hydrogens is 218 g/mol. The minimum atomic E-state index is -0.139. The Balaban J connectivity index is 2.26. The summed E-state index contributed by atoms with van der Waals surface area (Å²) in [4.78, 5) is 15.6. The molecule has 17 heavy (non-hydrogen) atoms. The summed E-state index contributed by atoms with van der Waals surface area (Å²) in [6, 6.07) is -0.139. The van der Waals surface area contributed by atoms with E-state index < -0.39 is 0 Å². The number of amides is 1. The minimum Gasteiger partial charge on any atom is -0.346 e. The number of carbonyl (C=O) groups excluding carboxylic acids is 1. The molecule has 1 unspecified atom stereocenters. The molecule has 1 heterocycles. The molecule has 1 atom stereocenters. The smallest absolute Gasteiger partial charge is 0.221 e. The van der Waals surface area contributed by atoms with E-state index >= 15 is 0 Å². The van der Waals surface area contributed by atoms with Gasteiger partial charge in [-0.1, -0.05) is 0 Å². The van der Waals surface area contributed by atoms with Crippen LogP contribution in [0, 0.1) is 0 Å². The zero-order valence-corrected chi connectivity index (χ0v) is 10.9. The molecule has 6 nitrogen and oxygen atoms in total. The lowest BCUT2D eigenvalue weighted by molar-refractivity contribution is -0.121. The number of aromatic nitrogens is 3. The largest absolute Gasteiger partial charge is 0.346 e. The first-order chi connectivity index (χ1) is 7.88.